The lowest BCUT2D eigenvalue weighted by molar-refractivity contribution is -0.115. The molecule has 1 unspecified atom stereocenters. The molecule has 0 bridgehead atoms. The van der Waals surface area contributed by atoms with Gasteiger partial charge in [-0.2, -0.15) is 0 Å². The van der Waals surface area contributed by atoms with Gasteiger partial charge in [0.1, 0.15) is 5.25 Å². The van der Waals surface area contributed by atoms with Gasteiger partial charge in [0.25, 0.3) is 5.91 Å². The van der Waals surface area contributed by atoms with Crippen molar-refractivity contribution in [2.75, 3.05) is 17.7 Å². The van der Waals surface area contributed by atoms with Crippen molar-refractivity contribution < 1.29 is 38.9 Å². The van der Waals surface area contributed by atoms with Gasteiger partial charge in [0.05, 0.1) is 35.1 Å². The standard InChI is InChI=1S/C31H24N2O8S/c1-41-31(40)23-12-5-6-13-25(23)33-28(35)26(18-8-3-2-4-9-18)42-21-11-7-10-20(17-21)32-27(34)22-15-14-19(29(36)37)16-24(22)30(38)39/h2-17,26H,1H3,(H,32,34)(H,33,35)(H,36,37)(H,38,39). The van der Waals surface area contributed by atoms with Crippen molar-refractivity contribution in [3.63, 3.8) is 0 Å². The Labute approximate surface area is 244 Å². The van der Waals surface area contributed by atoms with Crippen LogP contribution in [0.1, 0.15) is 52.2 Å². The van der Waals surface area contributed by atoms with Gasteiger partial charge in [-0.25, -0.2) is 14.4 Å². The Hall–Kier alpha value is -5.42. The quantitative estimate of drug-likeness (QED) is 0.138. The predicted octanol–water partition coefficient (Wildman–Crippen LogP) is 5.59. The van der Waals surface area contributed by atoms with E-state index < -0.39 is 40.5 Å². The lowest BCUT2D eigenvalue weighted by Gasteiger charge is -2.18. The van der Waals surface area contributed by atoms with Crippen LogP contribution in [0.3, 0.4) is 0 Å². The van der Waals surface area contributed by atoms with E-state index in [0.717, 1.165) is 18.2 Å². The Balaban J connectivity index is 1.59. The van der Waals surface area contributed by atoms with Gasteiger partial charge in [-0.1, -0.05) is 48.5 Å². The molecule has 0 saturated carbocycles. The number of hydrogen-bond acceptors (Lipinski definition) is 7. The van der Waals surface area contributed by atoms with Crippen molar-refractivity contribution in [3.05, 3.63) is 125 Å². The summed E-state index contributed by atoms with van der Waals surface area (Å²) in [5, 5.41) is 23.4. The van der Waals surface area contributed by atoms with Gasteiger partial charge in [-0.05, 0) is 54.1 Å². The number of aromatic carboxylic acids is 2. The molecule has 212 valence electrons. The van der Waals surface area contributed by atoms with Gasteiger partial charge in [0.2, 0.25) is 5.91 Å². The maximum Gasteiger partial charge on any atom is 0.339 e. The van der Waals surface area contributed by atoms with E-state index in [2.05, 4.69) is 10.6 Å². The van der Waals surface area contributed by atoms with Gasteiger partial charge >= 0.3 is 17.9 Å². The number of ether oxygens (including phenoxy) is 1. The summed E-state index contributed by atoms with van der Waals surface area (Å²) in [5.74, 6) is -4.51. The van der Waals surface area contributed by atoms with E-state index in [4.69, 9.17) is 9.84 Å². The fraction of sp³-hybridized carbons (Fsp3) is 0.0645. The summed E-state index contributed by atoms with van der Waals surface area (Å²) >= 11 is 1.20. The fourth-order valence-corrected chi connectivity index (χ4v) is 5.10. The Morgan fingerprint density at radius 1 is 0.714 bits per heavy atom. The Morgan fingerprint density at radius 2 is 1.43 bits per heavy atom. The van der Waals surface area contributed by atoms with Crippen LogP contribution in [0.5, 0.6) is 0 Å². The van der Waals surface area contributed by atoms with Crippen LogP contribution >= 0.6 is 11.8 Å². The first-order valence-corrected chi connectivity index (χ1v) is 13.3. The largest absolute Gasteiger partial charge is 0.478 e. The maximum absolute atomic E-state index is 13.6. The molecule has 0 aliphatic rings. The summed E-state index contributed by atoms with van der Waals surface area (Å²) in [7, 11) is 1.25. The predicted molar refractivity (Wildman–Crippen MR) is 156 cm³/mol. The average Bonchev–Trinajstić information content (AvgIpc) is 2.99. The highest BCUT2D eigenvalue weighted by atomic mass is 32.2. The molecule has 11 heteroatoms. The minimum atomic E-state index is -1.45. The van der Waals surface area contributed by atoms with E-state index in [1.807, 2.05) is 6.07 Å². The summed E-state index contributed by atoms with van der Waals surface area (Å²) in [6.45, 7) is 0. The number of carboxylic acid groups (broad SMARTS) is 2. The molecule has 4 aromatic rings. The Bertz CT molecular complexity index is 1670. The van der Waals surface area contributed by atoms with Crippen LogP contribution in [0, 0.1) is 0 Å². The van der Waals surface area contributed by atoms with E-state index >= 15 is 0 Å². The molecule has 0 saturated heterocycles. The highest BCUT2D eigenvalue weighted by molar-refractivity contribution is 8.00. The zero-order valence-corrected chi connectivity index (χ0v) is 22.9. The number of esters is 1. The molecular formula is C31H24N2O8S. The van der Waals surface area contributed by atoms with E-state index in [9.17, 15) is 29.1 Å². The van der Waals surface area contributed by atoms with Gasteiger partial charge in [0, 0.05) is 10.6 Å². The number of amides is 2. The first kappa shape index (κ1) is 29.6. The van der Waals surface area contributed by atoms with Crippen LogP contribution in [-0.4, -0.2) is 47.0 Å². The molecule has 4 rings (SSSR count). The van der Waals surface area contributed by atoms with E-state index in [-0.39, 0.29) is 16.7 Å². The van der Waals surface area contributed by atoms with Gasteiger partial charge in [-0.3, -0.25) is 9.59 Å². The van der Waals surface area contributed by atoms with E-state index in [1.54, 1.807) is 72.8 Å². The van der Waals surface area contributed by atoms with E-state index in [0.29, 0.717) is 21.8 Å². The molecule has 4 aromatic carbocycles. The minimum absolute atomic E-state index is 0.201. The van der Waals surface area contributed by atoms with Crippen LogP contribution in [0.2, 0.25) is 0 Å². The first-order valence-electron chi connectivity index (χ1n) is 12.4. The fourth-order valence-electron chi connectivity index (χ4n) is 4.01. The number of benzene rings is 4. The van der Waals surface area contributed by atoms with Gasteiger partial charge < -0.3 is 25.6 Å². The third kappa shape index (κ3) is 7.01. The number of carbonyl (C=O) groups excluding carboxylic acids is 3. The molecule has 0 aliphatic carbocycles. The number of hydrogen-bond donors (Lipinski definition) is 4. The molecular weight excluding hydrogens is 560 g/mol. The minimum Gasteiger partial charge on any atom is -0.478 e. The van der Waals surface area contributed by atoms with Crippen LogP contribution in [-0.2, 0) is 9.53 Å². The van der Waals surface area contributed by atoms with Gasteiger partial charge in [-0.15, -0.1) is 11.8 Å². The second-order valence-corrected chi connectivity index (χ2v) is 9.97. The number of methoxy groups -OCH3 is 1. The smallest absolute Gasteiger partial charge is 0.339 e. The van der Waals surface area contributed by atoms with Crippen molar-refractivity contribution in [1.82, 2.24) is 0 Å². The molecule has 1 atom stereocenters. The molecule has 2 amide bonds. The molecule has 4 N–H and O–H groups in total. The molecule has 0 aliphatic heterocycles. The molecule has 0 spiro atoms. The number of rotatable bonds is 10. The number of carboxylic acids is 2. The zero-order valence-electron chi connectivity index (χ0n) is 22.1. The van der Waals surface area contributed by atoms with Crippen LogP contribution in [0.15, 0.2) is 102 Å². The zero-order chi connectivity index (χ0) is 30.2. The molecule has 0 radical (unpaired) electrons. The van der Waals surface area contributed by atoms with Gasteiger partial charge in [0.15, 0.2) is 0 Å². The average molecular weight is 585 g/mol. The summed E-state index contributed by atoms with van der Waals surface area (Å²) in [4.78, 5) is 62.3. The van der Waals surface area contributed by atoms with Crippen LogP contribution in [0.4, 0.5) is 11.4 Å². The van der Waals surface area contributed by atoms with Crippen LogP contribution < -0.4 is 10.6 Å². The second-order valence-electron chi connectivity index (χ2n) is 8.79. The van der Waals surface area contributed by atoms with Crippen molar-refractivity contribution in [3.8, 4) is 0 Å². The molecule has 10 nitrogen and oxygen atoms in total. The summed E-state index contributed by atoms with van der Waals surface area (Å²) in [6.07, 6.45) is 0. The Morgan fingerprint density at radius 3 is 2.12 bits per heavy atom. The van der Waals surface area contributed by atoms with E-state index in [1.165, 1.54) is 18.9 Å². The Kier molecular flexibility index (Phi) is 9.35. The molecule has 0 aromatic heterocycles. The monoisotopic (exact) mass is 584 g/mol. The first-order chi connectivity index (χ1) is 20.2. The molecule has 0 heterocycles. The van der Waals surface area contributed by atoms with Crippen molar-refractivity contribution >= 4 is 52.9 Å². The van der Waals surface area contributed by atoms with Crippen molar-refractivity contribution in [2.24, 2.45) is 0 Å². The highest BCUT2D eigenvalue weighted by Crippen LogP contribution is 2.37. The number of anilines is 2. The SMILES string of the molecule is COC(=O)c1ccccc1NC(=O)C(Sc1cccc(NC(=O)c2ccc(C(=O)O)cc2C(=O)O)c1)c1ccccc1. The topological polar surface area (TPSA) is 159 Å². The summed E-state index contributed by atoms with van der Waals surface area (Å²) in [5.41, 5.74) is 0.581. The number of thioether (sulfide) groups is 1. The molecule has 42 heavy (non-hydrogen) atoms. The normalized spacial score (nSPS) is 11.2. The highest BCUT2D eigenvalue weighted by Gasteiger charge is 2.25. The number of para-hydroxylation sites is 1. The van der Waals surface area contributed by atoms with Crippen molar-refractivity contribution in [2.45, 2.75) is 10.1 Å². The summed E-state index contributed by atoms with van der Waals surface area (Å²) in [6, 6.07) is 25.3. The third-order valence-electron chi connectivity index (χ3n) is 6.02. The number of nitrogens with one attached hydrogen (secondary N) is 2. The third-order valence-corrected chi connectivity index (χ3v) is 7.27. The van der Waals surface area contributed by atoms with Crippen molar-refractivity contribution in [1.29, 1.82) is 0 Å². The summed E-state index contributed by atoms with van der Waals surface area (Å²) < 4.78 is 4.82. The number of carbonyl (C=O) groups is 5. The molecule has 0 fully saturated rings. The second kappa shape index (κ2) is 13.3. The lowest BCUT2D eigenvalue weighted by Crippen LogP contribution is -2.21. The maximum atomic E-state index is 13.6. The lowest BCUT2D eigenvalue weighted by atomic mass is 10.0. The van der Waals surface area contributed by atoms with Crippen LogP contribution in [0.25, 0.3) is 0 Å².